The highest BCUT2D eigenvalue weighted by Gasteiger charge is 2.04. The van der Waals surface area contributed by atoms with Crippen LogP contribution < -0.4 is 5.32 Å². The van der Waals surface area contributed by atoms with Gasteiger partial charge in [-0.25, -0.2) is 4.98 Å². The van der Waals surface area contributed by atoms with Crippen molar-refractivity contribution in [3.05, 3.63) is 30.7 Å². The van der Waals surface area contributed by atoms with Crippen molar-refractivity contribution in [1.82, 2.24) is 15.3 Å². The molecule has 0 bridgehead atoms. The number of carbonyl (C=O) groups is 1. The van der Waals surface area contributed by atoms with Crippen LogP contribution in [0.1, 0.15) is 16.2 Å². The molecule has 0 aliphatic rings. The number of nitrogens with zero attached hydrogens (tertiary/aromatic N) is 2. The van der Waals surface area contributed by atoms with Crippen LogP contribution in [0.5, 0.6) is 0 Å². The highest BCUT2D eigenvalue weighted by molar-refractivity contribution is 5.91. The van der Waals surface area contributed by atoms with Crippen molar-refractivity contribution in [3.63, 3.8) is 0 Å². The molecule has 1 rings (SSSR count). The number of nitrogens with one attached hydrogen (secondary N) is 1. The SMILES string of the molecule is [CH2]CNC(=O)c1cnc(C)cn1. The van der Waals surface area contributed by atoms with Gasteiger partial charge in [-0.3, -0.25) is 9.78 Å². The minimum atomic E-state index is -0.238. The molecule has 0 aliphatic carbocycles. The summed E-state index contributed by atoms with van der Waals surface area (Å²) in [5.41, 5.74) is 1.12. The number of hydrogen-bond acceptors (Lipinski definition) is 3. The molecule has 0 saturated carbocycles. The molecule has 1 aromatic heterocycles. The predicted octanol–water partition coefficient (Wildman–Crippen LogP) is 0.349. The second-order valence-electron chi connectivity index (χ2n) is 2.30. The number of carbonyl (C=O) groups excluding carboxylic acids is 1. The summed E-state index contributed by atoms with van der Waals surface area (Å²) in [5, 5.41) is 2.53. The molecular formula is C8H10N3O. The van der Waals surface area contributed by atoms with Gasteiger partial charge in [-0.1, -0.05) is 0 Å². The quantitative estimate of drug-likeness (QED) is 0.686. The lowest BCUT2D eigenvalue weighted by atomic mass is 10.4. The summed E-state index contributed by atoms with van der Waals surface area (Å²) in [7, 11) is 0. The lowest BCUT2D eigenvalue weighted by molar-refractivity contribution is 0.0952. The molecule has 4 heteroatoms. The summed E-state index contributed by atoms with van der Waals surface area (Å²) in [6.45, 7) is 5.66. The average Bonchev–Trinajstić information content (AvgIpc) is 2.06. The molecule has 12 heavy (non-hydrogen) atoms. The standard InChI is InChI=1S/C8H10N3O/c1-3-9-8(12)7-5-10-6(2)4-11-7/h4-5H,1,3H2,2H3,(H,9,12). The zero-order chi connectivity index (χ0) is 8.97. The van der Waals surface area contributed by atoms with Gasteiger partial charge in [0.05, 0.1) is 11.9 Å². The van der Waals surface area contributed by atoms with Crippen LogP contribution in [0.15, 0.2) is 12.4 Å². The van der Waals surface area contributed by atoms with Crippen LogP contribution in [0, 0.1) is 13.8 Å². The Balaban J connectivity index is 2.75. The fourth-order valence-corrected chi connectivity index (χ4v) is 0.714. The Morgan fingerprint density at radius 1 is 1.58 bits per heavy atom. The minimum absolute atomic E-state index is 0.238. The summed E-state index contributed by atoms with van der Waals surface area (Å²) >= 11 is 0. The van der Waals surface area contributed by atoms with Gasteiger partial charge in [0.2, 0.25) is 0 Å². The first-order valence-corrected chi connectivity index (χ1v) is 3.60. The van der Waals surface area contributed by atoms with Crippen molar-refractivity contribution in [2.45, 2.75) is 6.92 Å². The number of aryl methyl sites for hydroxylation is 1. The largest absolute Gasteiger partial charge is 0.351 e. The van der Waals surface area contributed by atoms with Gasteiger partial charge in [-0.2, -0.15) is 0 Å². The third kappa shape index (κ3) is 2.02. The molecule has 0 spiro atoms. The number of hydrogen-bond donors (Lipinski definition) is 1. The van der Waals surface area contributed by atoms with Gasteiger partial charge in [0.15, 0.2) is 0 Å². The zero-order valence-corrected chi connectivity index (χ0v) is 6.87. The number of rotatable bonds is 2. The van der Waals surface area contributed by atoms with Crippen LogP contribution in [0.4, 0.5) is 0 Å². The van der Waals surface area contributed by atoms with E-state index in [0.29, 0.717) is 12.2 Å². The molecule has 1 radical (unpaired) electrons. The van der Waals surface area contributed by atoms with Crippen LogP contribution >= 0.6 is 0 Å². The number of aromatic nitrogens is 2. The molecule has 0 aliphatic heterocycles. The van der Waals surface area contributed by atoms with Gasteiger partial charge in [0.1, 0.15) is 5.69 Å². The van der Waals surface area contributed by atoms with Crippen molar-refractivity contribution in [2.24, 2.45) is 0 Å². The van der Waals surface area contributed by atoms with Gasteiger partial charge < -0.3 is 5.32 Å². The normalized spacial score (nSPS) is 9.50. The molecule has 1 aromatic rings. The first kappa shape index (κ1) is 8.64. The fourth-order valence-electron chi connectivity index (χ4n) is 0.714. The van der Waals surface area contributed by atoms with Crippen LogP contribution in [0.25, 0.3) is 0 Å². The highest BCUT2D eigenvalue weighted by atomic mass is 16.1. The van der Waals surface area contributed by atoms with E-state index in [9.17, 15) is 4.79 Å². The molecule has 0 atom stereocenters. The third-order valence-electron chi connectivity index (χ3n) is 1.30. The first-order valence-electron chi connectivity index (χ1n) is 3.60. The molecular weight excluding hydrogens is 154 g/mol. The first-order chi connectivity index (χ1) is 5.74. The Labute approximate surface area is 71.0 Å². The molecule has 0 unspecified atom stereocenters. The van der Waals surface area contributed by atoms with E-state index in [0.717, 1.165) is 5.69 Å². The van der Waals surface area contributed by atoms with Crippen LogP contribution in [-0.2, 0) is 0 Å². The molecule has 0 fully saturated rings. The van der Waals surface area contributed by atoms with Gasteiger partial charge in [0.25, 0.3) is 5.91 Å². The number of amides is 1. The highest BCUT2D eigenvalue weighted by Crippen LogP contribution is 1.92. The smallest absolute Gasteiger partial charge is 0.271 e. The monoisotopic (exact) mass is 164 g/mol. The van der Waals surface area contributed by atoms with Crippen molar-refractivity contribution in [1.29, 1.82) is 0 Å². The van der Waals surface area contributed by atoms with Crippen molar-refractivity contribution >= 4 is 5.91 Å². The Bertz CT molecular complexity index is 268. The summed E-state index contributed by atoms with van der Waals surface area (Å²) < 4.78 is 0. The Hall–Kier alpha value is -1.45. The van der Waals surface area contributed by atoms with Crippen molar-refractivity contribution in [3.8, 4) is 0 Å². The zero-order valence-electron chi connectivity index (χ0n) is 6.87. The van der Waals surface area contributed by atoms with Gasteiger partial charge >= 0.3 is 0 Å². The van der Waals surface area contributed by atoms with Crippen LogP contribution in [-0.4, -0.2) is 22.4 Å². The van der Waals surface area contributed by atoms with E-state index in [1.165, 1.54) is 6.20 Å². The van der Waals surface area contributed by atoms with E-state index in [4.69, 9.17) is 0 Å². The summed E-state index contributed by atoms with van der Waals surface area (Å²) in [5.74, 6) is -0.238. The van der Waals surface area contributed by atoms with E-state index in [2.05, 4.69) is 22.2 Å². The maximum Gasteiger partial charge on any atom is 0.271 e. The Morgan fingerprint density at radius 3 is 2.83 bits per heavy atom. The van der Waals surface area contributed by atoms with Crippen molar-refractivity contribution in [2.75, 3.05) is 6.54 Å². The van der Waals surface area contributed by atoms with Gasteiger partial charge in [-0.05, 0) is 13.8 Å². The summed E-state index contributed by atoms with van der Waals surface area (Å²) in [4.78, 5) is 18.9. The Morgan fingerprint density at radius 2 is 2.33 bits per heavy atom. The Kier molecular flexibility index (Phi) is 2.74. The van der Waals surface area contributed by atoms with Gasteiger partial charge in [-0.15, -0.1) is 0 Å². The lowest BCUT2D eigenvalue weighted by Gasteiger charge is -1.99. The maximum atomic E-state index is 11.1. The summed E-state index contributed by atoms with van der Waals surface area (Å²) in [6, 6.07) is 0. The van der Waals surface area contributed by atoms with Crippen LogP contribution in [0.2, 0.25) is 0 Å². The van der Waals surface area contributed by atoms with E-state index < -0.39 is 0 Å². The maximum absolute atomic E-state index is 11.1. The molecule has 0 saturated heterocycles. The molecule has 63 valence electrons. The van der Waals surface area contributed by atoms with E-state index in [1.807, 2.05) is 6.92 Å². The average molecular weight is 164 g/mol. The molecule has 0 aromatic carbocycles. The van der Waals surface area contributed by atoms with E-state index in [-0.39, 0.29) is 5.91 Å². The second kappa shape index (κ2) is 3.80. The topological polar surface area (TPSA) is 54.9 Å². The molecule has 1 heterocycles. The summed E-state index contributed by atoms with van der Waals surface area (Å²) in [6.07, 6.45) is 3.00. The van der Waals surface area contributed by atoms with Gasteiger partial charge in [0, 0.05) is 12.7 Å². The molecule has 1 N–H and O–H groups in total. The van der Waals surface area contributed by atoms with E-state index >= 15 is 0 Å². The van der Waals surface area contributed by atoms with Crippen LogP contribution in [0.3, 0.4) is 0 Å². The minimum Gasteiger partial charge on any atom is -0.351 e. The molecule has 4 nitrogen and oxygen atoms in total. The van der Waals surface area contributed by atoms with Crippen molar-refractivity contribution < 1.29 is 4.79 Å². The lowest BCUT2D eigenvalue weighted by Crippen LogP contribution is -2.23. The second-order valence-corrected chi connectivity index (χ2v) is 2.30. The third-order valence-corrected chi connectivity index (χ3v) is 1.30. The molecule has 1 amide bonds. The van der Waals surface area contributed by atoms with E-state index in [1.54, 1.807) is 6.20 Å². The fraction of sp³-hybridized carbons (Fsp3) is 0.250. The predicted molar refractivity (Wildman–Crippen MR) is 44.5 cm³/mol.